The summed E-state index contributed by atoms with van der Waals surface area (Å²) < 4.78 is 8.82. The zero-order valence-corrected chi connectivity index (χ0v) is 20.2. The Hall–Kier alpha value is -0.956. The van der Waals surface area contributed by atoms with E-state index in [-0.39, 0.29) is 0 Å². The second kappa shape index (κ2) is 6.83. The number of fused-ring (bicyclic) bond motifs is 1. The van der Waals surface area contributed by atoms with E-state index in [1.807, 2.05) is 0 Å². The molecule has 4 atom stereocenters. The monoisotopic (exact) mass is 401 g/mol. The third-order valence-electron chi connectivity index (χ3n) is 7.10. The van der Waals surface area contributed by atoms with Crippen LogP contribution in [0.15, 0.2) is 24.5 Å². The van der Waals surface area contributed by atoms with Crippen molar-refractivity contribution < 1.29 is 4.12 Å². The van der Waals surface area contributed by atoms with Crippen molar-refractivity contribution in [2.75, 3.05) is 6.54 Å². The zero-order chi connectivity index (χ0) is 19.4. The highest BCUT2D eigenvalue weighted by molar-refractivity contribution is 6.77. The molecule has 0 radical (unpaired) electrons. The van der Waals surface area contributed by atoms with Gasteiger partial charge >= 0.3 is 0 Å². The Morgan fingerprint density at radius 3 is 2.63 bits per heavy atom. The minimum atomic E-state index is -1.60. The largest absolute Gasteiger partial charge is 0.460 e. The minimum Gasteiger partial charge on any atom is -0.460 e. The Bertz CT molecular complexity index is 826. The molecule has 3 heterocycles. The molecule has 2 aromatic heterocycles. The molecule has 1 N–H and O–H groups in total. The summed E-state index contributed by atoms with van der Waals surface area (Å²) in [6.07, 6.45) is 7.04. The average Bonchev–Trinajstić information content (AvgIpc) is 3.00. The number of hydrogen-bond acceptors (Lipinski definition) is 3. The van der Waals surface area contributed by atoms with Crippen molar-refractivity contribution in [2.45, 2.75) is 76.2 Å². The highest BCUT2D eigenvalue weighted by atomic mass is 28.4. The Balaban J connectivity index is 1.40. The standard InChI is InChI=1S/C21H35N3OSi2/c1-14-9-17(14)15-7-8-20-23-19(13-24(20)12-15)18-10-16(11-22-18)26-25-27(5,6)21(2,3)4/h7-8,12-14,16-18,22H,9-11,26H2,1-6H3/t14?,16-,17?,18+/m0/s1. The smallest absolute Gasteiger partial charge is 0.178 e. The summed E-state index contributed by atoms with van der Waals surface area (Å²) in [5.41, 5.74) is 4.45. The molecular weight excluding hydrogens is 366 g/mol. The lowest BCUT2D eigenvalue weighted by Crippen LogP contribution is -2.42. The Kier molecular flexibility index (Phi) is 4.90. The van der Waals surface area contributed by atoms with E-state index in [4.69, 9.17) is 9.10 Å². The predicted octanol–water partition coefficient (Wildman–Crippen LogP) is 4.39. The van der Waals surface area contributed by atoms with Crippen LogP contribution in [0.5, 0.6) is 0 Å². The van der Waals surface area contributed by atoms with E-state index in [1.54, 1.807) is 0 Å². The van der Waals surface area contributed by atoms with Crippen LogP contribution in [-0.4, -0.2) is 34.0 Å². The minimum absolute atomic E-state index is 0.309. The van der Waals surface area contributed by atoms with Crippen LogP contribution in [0.4, 0.5) is 0 Å². The summed E-state index contributed by atoms with van der Waals surface area (Å²) in [6.45, 7) is 15.2. The van der Waals surface area contributed by atoms with Crippen LogP contribution in [0, 0.1) is 5.92 Å². The molecule has 148 valence electrons. The van der Waals surface area contributed by atoms with Crippen LogP contribution in [-0.2, 0) is 4.12 Å². The number of nitrogens with one attached hydrogen (secondary N) is 1. The third-order valence-corrected chi connectivity index (χ3v) is 15.4. The van der Waals surface area contributed by atoms with Crippen molar-refractivity contribution in [3.63, 3.8) is 0 Å². The highest BCUT2D eigenvalue weighted by Gasteiger charge is 2.38. The van der Waals surface area contributed by atoms with E-state index in [0.29, 0.717) is 11.1 Å². The van der Waals surface area contributed by atoms with Crippen molar-refractivity contribution in [2.24, 2.45) is 5.92 Å². The Labute approximate surface area is 167 Å². The molecule has 27 heavy (non-hydrogen) atoms. The quantitative estimate of drug-likeness (QED) is 0.755. The van der Waals surface area contributed by atoms with Crippen molar-refractivity contribution in [3.05, 3.63) is 35.8 Å². The molecule has 2 aliphatic rings. The van der Waals surface area contributed by atoms with Gasteiger partial charge in [-0.1, -0.05) is 33.8 Å². The summed E-state index contributed by atoms with van der Waals surface area (Å²) in [5.74, 6) is 1.60. The number of hydrogen-bond donors (Lipinski definition) is 1. The van der Waals surface area contributed by atoms with Crippen LogP contribution >= 0.6 is 0 Å². The van der Waals surface area contributed by atoms with Crippen molar-refractivity contribution in [1.29, 1.82) is 0 Å². The van der Waals surface area contributed by atoms with E-state index in [2.05, 4.69) is 75.0 Å². The van der Waals surface area contributed by atoms with E-state index in [9.17, 15) is 0 Å². The van der Waals surface area contributed by atoms with Gasteiger partial charge in [0, 0.05) is 12.4 Å². The summed E-state index contributed by atoms with van der Waals surface area (Å²) in [6, 6.07) is 4.84. The maximum absolute atomic E-state index is 6.59. The third kappa shape index (κ3) is 3.95. The van der Waals surface area contributed by atoms with Gasteiger partial charge in [-0.2, -0.15) is 0 Å². The molecule has 6 heteroatoms. The predicted molar refractivity (Wildman–Crippen MR) is 118 cm³/mol. The fourth-order valence-electron chi connectivity index (χ4n) is 3.91. The van der Waals surface area contributed by atoms with E-state index in [0.717, 1.165) is 29.6 Å². The molecule has 0 spiro atoms. The SMILES string of the molecule is CC1CC1c1ccc2nc([C@H]3C[C@H]([SiH2]O[Si](C)(C)C(C)(C)C)CN3)cn2c1. The van der Waals surface area contributed by atoms with Crippen LogP contribution in [0.1, 0.15) is 63.8 Å². The zero-order valence-electron chi connectivity index (χ0n) is 17.7. The normalized spacial score (nSPS) is 29.3. The molecule has 1 saturated carbocycles. The van der Waals surface area contributed by atoms with Gasteiger partial charge in [0.1, 0.15) is 5.65 Å². The number of imidazole rings is 1. The van der Waals surface area contributed by atoms with Gasteiger partial charge in [-0.25, -0.2) is 4.98 Å². The van der Waals surface area contributed by atoms with E-state index in [1.165, 1.54) is 24.1 Å². The maximum Gasteiger partial charge on any atom is 0.178 e. The maximum atomic E-state index is 6.59. The first kappa shape index (κ1) is 19.4. The highest BCUT2D eigenvalue weighted by Crippen LogP contribution is 2.46. The second-order valence-electron chi connectivity index (χ2n) is 10.3. The second-order valence-corrected chi connectivity index (χ2v) is 17.5. The van der Waals surface area contributed by atoms with Gasteiger partial charge < -0.3 is 13.8 Å². The van der Waals surface area contributed by atoms with Crippen LogP contribution < -0.4 is 5.32 Å². The molecule has 0 amide bonds. The number of pyridine rings is 1. The first-order chi connectivity index (χ1) is 12.6. The number of nitrogens with zero attached hydrogens (tertiary/aromatic N) is 2. The van der Waals surface area contributed by atoms with E-state index < -0.39 is 18.1 Å². The van der Waals surface area contributed by atoms with Crippen LogP contribution in [0.25, 0.3) is 5.65 Å². The molecule has 0 aromatic carbocycles. The van der Waals surface area contributed by atoms with E-state index >= 15 is 0 Å². The van der Waals surface area contributed by atoms with Crippen LogP contribution in [0.3, 0.4) is 0 Å². The van der Waals surface area contributed by atoms with Crippen molar-refractivity contribution in [1.82, 2.24) is 14.7 Å². The van der Waals surface area contributed by atoms with Gasteiger partial charge in [0.2, 0.25) is 0 Å². The van der Waals surface area contributed by atoms with Crippen molar-refractivity contribution in [3.8, 4) is 0 Å². The molecule has 4 nitrogen and oxygen atoms in total. The Morgan fingerprint density at radius 1 is 1.22 bits per heavy atom. The summed E-state index contributed by atoms with van der Waals surface area (Å²) >= 11 is 0. The van der Waals surface area contributed by atoms with Crippen LogP contribution in [0.2, 0.25) is 23.7 Å². The molecule has 1 aliphatic heterocycles. The molecule has 4 rings (SSSR count). The lowest BCUT2D eigenvalue weighted by atomic mass is 10.1. The fourth-order valence-corrected chi connectivity index (χ4v) is 9.00. The van der Waals surface area contributed by atoms with Gasteiger partial charge in [-0.05, 0) is 66.5 Å². The van der Waals surface area contributed by atoms with Gasteiger partial charge in [0.25, 0.3) is 0 Å². The number of rotatable bonds is 5. The van der Waals surface area contributed by atoms with Gasteiger partial charge in [-0.15, -0.1) is 0 Å². The molecular formula is C21H35N3OSi2. The average molecular weight is 402 g/mol. The molecule has 2 unspecified atom stereocenters. The molecule has 2 fully saturated rings. The lowest BCUT2D eigenvalue weighted by Gasteiger charge is -2.37. The first-order valence-corrected chi connectivity index (χ1v) is 14.8. The summed E-state index contributed by atoms with van der Waals surface area (Å²) in [5, 5.41) is 4.02. The fraction of sp³-hybridized carbons (Fsp3) is 0.667. The molecule has 1 aliphatic carbocycles. The van der Waals surface area contributed by atoms with Gasteiger partial charge in [-0.3, -0.25) is 0 Å². The molecule has 1 saturated heterocycles. The molecule has 2 aromatic rings. The Morgan fingerprint density at radius 2 is 1.96 bits per heavy atom. The topological polar surface area (TPSA) is 38.6 Å². The van der Waals surface area contributed by atoms with Crippen molar-refractivity contribution >= 4 is 23.7 Å². The number of aromatic nitrogens is 2. The summed E-state index contributed by atoms with van der Waals surface area (Å²) in [7, 11) is -2.11. The summed E-state index contributed by atoms with van der Waals surface area (Å²) in [4.78, 5) is 4.90. The van der Waals surface area contributed by atoms with Gasteiger partial charge in [0.05, 0.1) is 11.7 Å². The lowest BCUT2D eigenvalue weighted by molar-refractivity contribution is 0.505. The first-order valence-electron chi connectivity index (χ1n) is 10.5. The van der Waals surface area contributed by atoms with Gasteiger partial charge in [0.15, 0.2) is 18.1 Å². The molecule has 0 bridgehead atoms.